The van der Waals surface area contributed by atoms with E-state index in [2.05, 4.69) is 10.6 Å². The summed E-state index contributed by atoms with van der Waals surface area (Å²) >= 11 is 11.3. The van der Waals surface area contributed by atoms with E-state index in [0.29, 0.717) is 16.5 Å². The van der Waals surface area contributed by atoms with Crippen molar-refractivity contribution in [3.05, 3.63) is 83.6 Å². The number of carbonyl (C=O) groups excluding carboxylic acids is 1. The van der Waals surface area contributed by atoms with Crippen LogP contribution < -0.4 is 10.6 Å². The number of fused-ring (bicyclic) bond motifs is 1. The normalized spacial score (nSPS) is 10.7. The summed E-state index contributed by atoms with van der Waals surface area (Å²) in [7, 11) is 0. The number of hydrogen-bond acceptors (Lipinski definition) is 4. The molecule has 3 N–H and O–H groups in total. The van der Waals surface area contributed by atoms with Crippen molar-refractivity contribution in [1.82, 2.24) is 5.32 Å². The van der Waals surface area contributed by atoms with Gasteiger partial charge in [0.25, 0.3) is 5.91 Å². The molecule has 0 unspecified atom stereocenters. The molecular weight excluding hydrogens is 408 g/mol. The first-order valence-corrected chi connectivity index (χ1v) is 9.48. The van der Waals surface area contributed by atoms with Gasteiger partial charge in [0.15, 0.2) is 10.9 Å². The molecular formula is C22H15ClN2O3S. The molecule has 0 radical (unpaired) electrons. The molecule has 4 aromatic rings. The van der Waals surface area contributed by atoms with Gasteiger partial charge in [0, 0.05) is 21.7 Å². The molecule has 1 amide bonds. The molecule has 5 nitrogen and oxygen atoms in total. The van der Waals surface area contributed by atoms with Gasteiger partial charge in [-0.05, 0) is 66.1 Å². The van der Waals surface area contributed by atoms with Crippen molar-refractivity contribution in [3.63, 3.8) is 0 Å². The highest BCUT2D eigenvalue weighted by Gasteiger charge is 2.14. The molecule has 7 heteroatoms. The fourth-order valence-corrected chi connectivity index (χ4v) is 3.35. The van der Waals surface area contributed by atoms with Gasteiger partial charge in [-0.25, -0.2) is 0 Å². The Morgan fingerprint density at radius 2 is 1.83 bits per heavy atom. The summed E-state index contributed by atoms with van der Waals surface area (Å²) in [4.78, 5) is 12.5. The van der Waals surface area contributed by atoms with Crippen LogP contribution >= 0.6 is 23.8 Å². The number of phenols is 1. The van der Waals surface area contributed by atoms with E-state index in [-0.39, 0.29) is 16.6 Å². The fourth-order valence-electron chi connectivity index (χ4n) is 2.96. The van der Waals surface area contributed by atoms with Crippen molar-refractivity contribution < 1.29 is 14.3 Å². The topological polar surface area (TPSA) is 74.5 Å². The van der Waals surface area contributed by atoms with Gasteiger partial charge in [-0.15, -0.1) is 0 Å². The largest absolute Gasteiger partial charge is 0.508 e. The van der Waals surface area contributed by atoms with Crippen LogP contribution in [0.5, 0.6) is 5.75 Å². The molecule has 0 atom stereocenters. The Bertz CT molecular complexity index is 1240. The Kier molecular flexibility index (Phi) is 5.20. The number of aromatic hydroxyl groups is 1. The predicted molar refractivity (Wildman–Crippen MR) is 118 cm³/mol. The van der Waals surface area contributed by atoms with Gasteiger partial charge in [-0.1, -0.05) is 35.9 Å². The van der Waals surface area contributed by atoms with Crippen molar-refractivity contribution in [2.45, 2.75) is 0 Å². The van der Waals surface area contributed by atoms with E-state index in [0.717, 1.165) is 16.3 Å². The molecule has 4 rings (SSSR count). The zero-order valence-corrected chi connectivity index (χ0v) is 16.6. The minimum atomic E-state index is -0.464. The second kappa shape index (κ2) is 7.95. The van der Waals surface area contributed by atoms with Crippen LogP contribution in [-0.4, -0.2) is 16.1 Å². The van der Waals surface area contributed by atoms with Gasteiger partial charge in [0.2, 0.25) is 0 Å². The smallest absolute Gasteiger partial charge is 0.293 e. The molecule has 0 fully saturated rings. The maximum absolute atomic E-state index is 12.5. The quantitative estimate of drug-likeness (QED) is 0.375. The van der Waals surface area contributed by atoms with Gasteiger partial charge >= 0.3 is 0 Å². The number of rotatable bonds is 3. The first-order chi connectivity index (χ1) is 14.0. The van der Waals surface area contributed by atoms with Crippen molar-refractivity contribution in [2.75, 3.05) is 5.32 Å². The van der Waals surface area contributed by atoms with E-state index in [9.17, 15) is 9.90 Å². The zero-order chi connectivity index (χ0) is 20.4. The molecule has 3 aromatic carbocycles. The average molecular weight is 423 g/mol. The molecule has 1 aromatic heterocycles. The highest BCUT2D eigenvalue weighted by atomic mass is 35.5. The summed E-state index contributed by atoms with van der Waals surface area (Å²) in [6.45, 7) is 0. The van der Waals surface area contributed by atoms with Crippen molar-refractivity contribution in [2.24, 2.45) is 0 Å². The molecule has 0 aliphatic rings. The Hall–Kier alpha value is -3.35. The summed E-state index contributed by atoms with van der Waals surface area (Å²) < 4.78 is 5.64. The van der Waals surface area contributed by atoms with E-state index >= 15 is 0 Å². The van der Waals surface area contributed by atoms with E-state index in [1.807, 2.05) is 30.3 Å². The summed E-state index contributed by atoms with van der Waals surface area (Å²) in [5.74, 6) is 0.380. The fraction of sp³-hybridized carbons (Fsp3) is 0. The lowest BCUT2D eigenvalue weighted by atomic mass is 10.1. The minimum Gasteiger partial charge on any atom is -0.508 e. The number of anilines is 1. The maximum Gasteiger partial charge on any atom is 0.293 e. The van der Waals surface area contributed by atoms with Crippen LogP contribution in [0.25, 0.3) is 22.1 Å². The number of furan rings is 1. The Balaban J connectivity index is 1.47. The second-order valence-corrected chi connectivity index (χ2v) is 7.14. The molecule has 144 valence electrons. The van der Waals surface area contributed by atoms with Crippen LogP contribution in [0.2, 0.25) is 5.02 Å². The average Bonchev–Trinajstić information content (AvgIpc) is 3.18. The van der Waals surface area contributed by atoms with Gasteiger partial charge in [0.05, 0.1) is 0 Å². The number of carbonyl (C=O) groups is 1. The third-order valence-electron chi connectivity index (χ3n) is 4.28. The van der Waals surface area contributed by atoms with E-state index in [4.69, 9.17) is 28.2 Å². The molecule has 0 saturated carbocycles. The van der Waals surface area contributed by atoms with Gasteiger partial charge in [-0.3, -0.25) is 10.1 Å². The van der Waals surface area contributed by atoms with E-state index in [1.54, 1.807) is 42.5 Å². The molecule has 0 bridgehead atoms. The number of nitrogens with one attached hydrogen (secondary N) is 2. The standard InChI is InChI=1S/C22H15ClN2O3S/c23-15-5-1-4-14(11-15)19-9-10-20(28-19)21(27)25-22(29)24-18-6-2-3-13-12-16(26)7-8-17(13)18/h1-12,26H,(H2,24,25,27,29). The van der Waals surface area contributed by atoms with Crippen molar-refractivity contribution in [3.8, 4) is 17.1 Å². The molecule has 1 heterocycles. The summed E-state index contributed by atoms with van der Waals surface area (Å²) in [6.07, 6.45) is 0. The predicted octanol–water partition coefficient (Wildman–Crippen LogP) is 5.59. The van der Waals surface area contributed by atoms with Crippen LogP contribution in [0.15, 0.2) is 77.2 Å². The second-order valence-electron chi connectivity index (χ2n) is 6.29. The SMILES string of the molecule is O=C(NC(=S)Nc1cccc2cc(O)ccc12)c1ccc(-c2cccc(Cl)c2)o1. The number of phenolic OH excluding ortho intramolecular Hbond substituents is 1. The maximum atomic E-state index is 12.5. The van der Waals surface area contributed by atoms with Gasteiger partial charge in [0.1, 0.15) is 11.5 Å². The van der Waals surface area contributed by atoms with E-state index in [1.165, 1.54) is 0 Å². The molecule has 0 aliphatic carbocycles. The summed E-state index contributed by atoms with van der Waals surface area (Å²) in [6, 6.07) is 21.0. The zero-order valence-electron chi connectivity index (χ0n) is 15.0. The van der Waals surface area contributed by atoms with Crippen molar-refractivity contribution in [1.29, 1.82) is 0 Å². The highest BCUT2D eigenvalue weighted by Crippen LogP contribution is 2.27. The lowest BCUT2D eigenvalue weighted by Gasteiger charge is -2.11. The van der Waals surface area contributed by atoms with Crippen molar-refractivity contribution >= 4 is 51.3 Å². The molecule has 29 heavy (non-hydrogen) atoms. The number of halogens is 1. The summed E-state index contributed by atoms with van der Waals surface area (Å²) in [5.41, 5.74) is 1.49. The van der Waals surface area contributed by atoms with Crippen LogP contribution in [0.4, 0.5) is 5.69 Å². The van der Waals surface area contributed by atoms with Crippen LogP contribution in [0, 0.1) is 0 Å². The van der Waals surface area contributed by atoms with Gasteiger partial charge in [-0.2, -0.15) is 0 Å². The number of thiocarbonyl (C=S) groups is 1. The summed E-state index contributed by atoms with van der Waals surface area (Å²) in [5, 5.41) is 17.7. The minimum absolute atomic E-state index is 0.131. The number of benzene rings is 3. The Morgan fingerprint density at radius 1 is 1.00 bits per heavy atom. The highest BCUT2D eigenvalue weighted by molar-refractivity contribution is 7.80. The molecule has 0 aliphatic heterocycles. The first-order valence-electron chi connectivity index (χ1n) is 8.69. The number of amides is 1. The Labute approximate surface area is 176 Å². The molecule has 0 spiro atoms. The lowest BCUT2D eigenvalue weighted by Crippen LogP contribution is -2.33. The Morgan fingerprint density at radius 3 is 2.66 bits per heavy atom. The van der Waals surface area contributed by atoms with Gasteiger partial charge < -0.3 is 14.8 Å². The lowest BCUT2D eigenvalue weighted by molar-refractivity contribution is 0.0951. The van der Waals surface area contributed by atoms with Crippen LogP contribution in [0.1, 0.15) is 10.6 Å². The third kappa shape index (κ3) is 4.23. The first kappa shape index (κ1) is 19.0. The van der Waals surface area contributed by atoms with Crippen LogP contribution in [0.3, 0.4) is 0 Å². The monoisotopic (exact) mass is 422 g/mol. The number of hydrogen-bond donors (Lipinski definition) is 3. The van der Waals surface area contributed by atoms with Crippen LogP contribution in [-0.2, 0) is 0 Å². The van der Waals surface area contributed by atoms with E-state index < -0.39 is 5.91 Å². The third-order valence-corrected chi connectivity index (χ3v) is 4.72. The molecule has 0 saturated heterocycles.